The Morgan fingerprint density at radius 1 is 1.21 bits per heavy atom. The van der Waals surface area contributed by atoms with Gasteiger partial charge in [0.05, 0.1) is 5.60 Å². The highest BCUT2D eigenvalue weighted by atomic mass is 16.5. The monoisotopic (exact) mass is 197 g/mol. The van der Waals surface area contributed by atoms with E-state index in [4.69, 9.17) is 4.74 Å². The largest absolute Gasteiger partial charge is 0.377 e. The molecule has 0 aromatic heterocycles. The Morgan fingerprint density at radius 3 is 2.29 bits per heavy atom. The van der Waals surface area contributed by atoms with Crippen LogP contribution < -0.4 is 5.32 Å². The van der Waals surface area contributed by atoms with Gasteiger partial charge in [-0.1, -0.05) is 26.7 Å². The summed E-state index contributed by atoms with van der Waals surface area (Å²) < 4.78 is 5.81. The van der Waals surface area contributed by atoms with Crippen molar-refractivity contribution in [1.29, 1.82) is 0 Å². The van der Waals surface area contributed by atoms with Crippen LogP contribution in [-0.2, 0) is 4.74 Å². The lowest BCUT2D eigenvalue weighted by atomic mass is 9.83. The van der Waals surface area contributed by atoms with Crippen LogP contribution in [0.2, 0.25) is 0 Å². The van der Waals surface area contributed by atoms with Gasteiger partial charge >= 0.3 is 0 Å². The van der Waals surface area contributed by atoms with E-state index in [0.29, 0.717) is 11.5 Å². The molecule has 0 amide bonds. The summed E-state index contributed by atoms with van der Waals surface area (Å²) in [4.78, 5) is 0. The Labute approximate surface area is 87.4 Å². The van der Waals surface area contributed by atoms with Crippen molar-refractivity contribution in [3.05, 3.63) is 0 Å². The van der Waals surface area contributed by atoms with Crippen molar-refractivity contribution in [3.8, 4) is 0 Å². The molecule has 2 aliphatic rings. The average Bonchev–Trinajstić information content (AvgIpc) is 2.72. The smallest absolute Gasteiger partial charge is 0.0831 e. The fourth-order valence-electron chi connectivity index (χ4n) is 3.14. The van der Waals surface area contributed by atoms with Crippen LogP contribution in [0.3, 0.4) is 0 Å². The Morgan fingerprint density at radius 2 is 1.86 bits per heavy atom. The molecule has 2 rings (SSSR count). The van der Waals surface area contributed by atoms with E-state index in [1.165, 1.54) is 32.1 Å². The minimum atomic E-state index is 0.160. The molecule has 0 aromatic carbocycles. The van der Waals surface area contributed by atoms with E-state index < -0.39 is 0 Å². The van der Waals surface area contributed by atoms with E-state index in [-0.39, 0.29) is 5.60 Å². The molecule has 0 radical (unpaired) electrons. The molecule has 1 aliphatic heterocycles. The molecular weight excluding hydrogens is 174 g/mol. The van der Waals surface area contributed by atoms with Gasteiger partial charge in [-0.05, 0) is 24.7 Å². The summed E-state index contributed by atoms with van der Waals surface area (Å²) in [7, 11) is 1.89. The van der Waals surface area contributed by atoms with Crippen LogP contribution in [0, 0.1) is 5.41 Å². The molecule has 82 valence electrons. The van der Waals surface area contributed by atoms with Gasteiger partial charge in [0.1, 0.15) is 0 Å². The molecule has 1 saturated heterocycles. The van der Waals surface area contributed by atoms with Gasteiger partial charge in [0.2, 0.25) is 0 Å². The molecule has 2 fully saturated rings. The molecule has 0 unspecified atom stereocenters. The third-order valence-electron chi connectivity index (χ3n) is 4.08. The van der Waals surface area contributed by atoms with E-state index in [1.807, 2.05) is 7.11 Å². The average molecular weight is 197 g/mol. The van der Waals surface area contributed by atoms with E-state index in [1.54, 1.807) is 0 Å². The number of hydrogen-bond acceptors (Lipinski definition) is 2. The highest BCUT2D eigenvalue weighted by molar-refractivity contribution is 5.03. The van der Waals surface area contributed by atoms with Crippen molar-refractivity contribution in [2.24, 2.45) is 5.41 Å². The maximum Gasteiger partial charge on any atom is 0.0831 e. The molecule has 2 nitrogen and oxygen atoms in total. The van der Waals surface area contributed by atoms with Crippen LogP contribution in [0.25, 0.3) is 0 Å². The zero-order valence-corrected chi connectivity index (χ0v) is 9.73. The molecule has 1 heterocycles. The number of methoxy groups -OCH3 is 1. The van der Waals surface area contributed by atoms with E-state index in [9.17, 15) is 0 Å². The van der Waals surface area contributed by atoms with Gasteiger partial charge in [-0.3, -0.25) is 0 Å². The molecule has 14 heavy (non-hydrogen) atoms. The van der Waals surface area contributed by atoms with Gasteiger partial charge in [-0.15, -0.1) is 0 Å². The molecule has 0 aromatic rings. The SMILES string of the molecule is COC1([C@@H]2CC(C)(C)CN2)CCCC1. The summed E-state index contributed by atoms with van der Waals surface area (Å²) in [5.74, 6) is 0. The maximum atomic E-state index is 5.81. The van der Waals surface area contributed by atoms with Crippen LogP contribution in [0.15, 0.2) is 0 Å². The first kappa shape index (κ1) is 10.4. The lowest BCUT2D eigenvalue weighted by Gasteiger charge is -2.34. The van der Waals surface area contributed by atoms with Crippen LogP contribution in [0.1, 0.15) is 46.0 Å². The van der Waals surface area contributed by atoms with Crippen LogP contribution >= 0.6 is 0 Å². The molecular formula is C12H23NO. The van der Waals surface area contributed by atoms with E-state index in [2.05, 4.69) is 19.2 Å². The van der Waals surface area contributed by atoms with Crippen molar-refractivity contribution in [2.75, 3.05) is 13.7 Å². The standard InChI is InChI=1S/C12H23NO/c1-11(2)8-10(13-9-11)12(14-3)6-4-5-7-12/h10,13H,4-9H2,1-3H3/t10-/m0/s1. The lowest BCUT2D eigenvalue weighted by molar-refractivity contribution is -0.0325. The highest BCUT2D eigenvalue weighted by Gasteiger charge is 2.46. The zero-order valence-electron chi connectivity index (χ0n) is 9.73. The summed E-state index contributed by atoms with van der Waals surface area (Å²) in [6, 6.07) is 0.588. The highest BCUT2D eigenvalue weighted by Crippen LogP contribution is 2.42. The third-order valence-corrected chi connectivity index (χ3v) is 4.08. The third kappa shape index (κ3) is 1.70. The number of hydrogen-bond donors (Lipinski definition) is 1. The maximum absolute atomic E-state index is 5.81. The second-order valence-electron chi connectivity index (χ2n) is 5.78. The van der Waals surface area contributed by atoms with E-state index in [0.717, 1.165) is 6.54 Å². The van der Waals surface area contributed by atoms with Crippen LogP contribution in [-0.4, -0.2) is 25.3 Å². The summed E-state index contributed by atoms with van der Waals surface area (Å²) in [5.41, 5.74) is 0.618. The van der Waals surface area contributed by atoms with Gasteiger partial charge in [0.25, 0.3) is 0 Å². The van der Waals surface area contributed by atoms with Crippen molar-refractivity contribution < 1.29 is 4.74 Å². The Kier molecular flexibility index (Phi) is 2.61. The molecule has 0 spiro atoms. The van der Waals surface area contributed by atoms with E-state index >= 15 is 0 Å². The number of rotatable bonds is 2. The molecule has 1 aliphatic carbocycles. The molecule has 2 heteroatoms. The van der Waals surface area contributed by atoms with Crippen molar-refractivity contribution in [3.63, 3.8) is 0 Å². The second-order valence-corrected chi connectivity index (χ2v) is 5.78. The van der Waals surface area contributed by atoms with Gasteiger partial charge in [0, 0.05) is 19.7 Å². The van der Waals surface area contributed by atoms with Crippen molar-refractivity contribution >= 4 is 0 Å². The quantitative estimate of drug-likeness (QED) is 0.733. The number of ether oxygens (including phenoxy) is 1. The molecule has 1 atom stereocenters. The summed E-state index contributed by atoms with van der Waals surface area (Å²) in [6.07, 6.45) is 6.44. The Hall–Kier alpha value is -0.0800. The molecule has 0 bridgehead atoms. The minimum absolute atomic E-state index is 0.160. The van der Waals surface area contributed by atoms with Crippen LogP contribution in [0.5, 0.6) is 0 Å². The zero-order chi connectivity index (χ0) is 10.2. The summed E-state index contributed by atoms with van der Waals surface area (Å²) in [5, 5.41) is 3.66. The minimum Gasteiger partial charge on any atom is -0.377 e. The van der Waals surface area contributed by atoms with Crippen LogP contribution in [0.4, 0.5) is 0 Å². The molecule has 1 N–H and O–H groups in total. The predicted molar refractivity (Wildman–Crippen MR) is 58.4 cm³/mol. The first-order valence-corrected chi connectivity index (χ1v) is 5.87. The first-order valence-electron chi connectivity index (χ1n) is 5.87. The fraction of sp³-hybridized carbons (Fsp3) is 1.00. The topological polar surface area (TPSA) is 21.3 Å². The van der Waals surface area contributed by atoms with Gasteiger partial charge in [0.15, 0.2) is 0 Å². The normalized spacial score (nSPS) is 34.9. The summed E-state index contributed by atoms with van der Waals surface area (Å²) in [6.45, 7) is 5.83. The lowest BCUT2D eigenvalue weighted by Crippen LogP contribution is -2.47. The first-order chi connectivity index (χ1) is 6.58. The van der Waals surface area contributed by atoms with Crippen molar-refractivity contribution in [1.82, 2.24) is 5.32 Å². The second kappa shape index (κ2) is 3.49. The molecule has 1 saturated carbocycles. The van der Waals surface area contributed by atoms with Crippen molar-refractivity contribution in [2.45, 2.75) is 57.6 Å². The van der Waals surface area contributed by atoms with Gasteiger partial charge in [-0.25, -0.2) is 0 Å². The summed E-state index contributed by atoms with van der Waals surface area (Å²) >= 11 is 0. The van der Waals surface area contributed by atoms with Gasteiger partial charge in [-0.2, -0.15) is 0 Å². The Bertz CT molecular complexity index is 206. The van der Waals surface area contributed by atoms with Gasteiger partial charge < -0.3 is 10.1 Å². The Balaban J connectivity index is 2.07. The fourth-order valence-corrected chi connectivity index (χ4v) is 3.14. The predicted octanol–water partition coefficient (Wildman–Crippen LogP) is 2.33. The number of nitrogens with one attached hydrogen (secondary N) is 1.